The zero-order chi connectivity index (χ0) is 11.6. The van der Waals surface area contributed by atoms with Crippen LogP contribution in [0.1, 0.15) is 0 Å². The van der Waals surface area contributed by atoms with E-state index in [1.807, 2.05) is 0 Å². The van der Waals surface area contributed by atoms with Crippen molar-refractivity contribution in [2.45, 2.75) is 0 Å². The molecule has 0 aromatic heterocycles. The highest BCUT2D eigenvalue weighted by Crippen LogP contribution is 2.40. The van der Waals surface area contributed by atoms with Gasteiger partial charge in [0.1, 0.15) is 12.6 Å². The Labute approximate surface area is 78.3 Å². The second kappa shape index (κ2) is 4.39. The van der Waals surface area contributed by atoms with Gasteiger partial charge in [0, 0.05) is 0 Å². The van der Waals surface area contributed by atoms with Crippen molar-refractivity contribution < 1.29 is 38.6 Å². The van der Waals surface area contributed by atoms with Gasteiger partial charge in [0.15, 0.2) is 0 Å². The van der Waals surface area contributed by atoms with Crippen LogP contribution in [0.25, 0.3) is 0 Å². The highest BCUT2D eigenvalue weighted by Gasteiger charge is 2.28. The lowest BCUT2D eigenvalue weighted by atomic mass is 10.9. The summed E-state index contributed by atoms with van der Waals surface area (Å²) in [6.07, 6.45) is -4.29. The van der Waals surface area contributed by atoms with Crippen molar-refractivity contribution in [1.29, 1.82) is 0 Å². The van der Waals surface area contributed by atoms with Gasteiger partial charge in [-0.1, -0.05) is 0 Å². The smallest absolute Gasteiger partial charge is 0.408 e. The van der Waals surface area contributed by atoms with Gasteiger partial charge in [0.2, 0.25) is 0 Å². The topological polar surface area (TPSA) is 156 Å². The monoisotopic (exact) mass is 249 g/mol. The summed E-state index contributed by atoms with van der Waals surface area (Å²) in [6.45, 7) is 0. The van der Waals surface area contributed by atoms with E-state index in [1.165, 1.54) is 0 Å². The Morgan fingerprint density at radius 1 is 1.00 bits per heavy atom. The molecule has 0 heterocycles. The van der Waals surface area contributed by atoms with Crippen molar-refractivity contribution in [2.75, 3.05) is 12.6 Å². The third kappa shape index (κ3) is 7.02. The van der Waals surface area contributed by atoms with E-state index in [2.05, 4.69) is 0 Å². The summed E-state index contributed by atoms with van der Waals surface area (Å²) in [5.74, 6) is 0. The maximum Gasteiger partial charge on any atom is 0.408 e. The third-order valence-electron chi connectivity index (χ3n) is 0.980. The molecule has 0 spiro atoms. The van der Waals surface area contributed by atoms with Crippen LogP contribution >= 0.6 is 15.2 Å². The van der Waals surface area contributed by atoms with E-state index in [1.54, 1.807) is 0 Å². The molecule has 0 aliphatic heterocycles. The Morgan fingerprint density at radius 2 is 1.29 bits per heavy atom. The second-order valence-corrected chi connectivity index (χ2v) is 5.66. The molecule has 0 aliphatic carbocycles. The first-order chi connectivity index (χ1) is 6.01. The zero-order valence-corrected chi connectivity index (χ0v) is 8.51. The van der Waals surface area contributed by atoms with Crippen LogP contribution in [-0.2, 0) is 9.13 Å². The van der Waals surface area contributed by atoms with E-state index < -0.39 is 33.9 Å². The maximum atomic E-state index is 10.4. The second-order valence-electron chi connectivity index (χ2n) is 2.43. The average molecular weight is 249 g/mol. The SMILES string of the molecule is O=C(O)N(CP(=O)(O)O)CP(=O)(O)O. The molecule has 0 bridgehead atoms. The van der Waals surface area contributed by atoms with E-state index in [9.17, 15) is 13.9 Å². The molecule has 0 radical (unpaired) electrons. The molecule has 0 saturated heterocycles. The fourth-order valence-corrected chi connectivity index (χ4v) is 2.10. The Morgan fingerprint density at radius 3 is 1.43 bits per heavy atom. The fourth-order valence-electron chi connectivity index (χ4n) is 0.610. The van der Waals surface area contributed by atoms with Gasteiger partial charge in [0.05, 0.1) is 0 Å². The number of nitrogens with zero attached hydrogens (tertiary/aromatic N) is 1. The average Bonchev–Trinajstić information content (AvgIpc) is 1.78. The Bertz CT molecular complexity index is 278. The molecule has 0 aromatic carbocycles. The molecule has 1 amide bonds. The number of hydrogen-bond donors (Lipinski definition) is 5. The molecule has 0 aliphatic rings. The van der Waals surface area contributed by atoms with Crippen molar-refractivity contribution in [2.24, 2.45) is 0 Å². The van der Waals surface area contributed by atoms with Gasteiger partial charge in [-0.05, 0) is 0 Å². The Hall–Kier alpha value is -0.430. The van der Waals surface area contributed by atoms with E-state index in [0.717, 1.165) is 0 Å². The fraction of sp³-hybridized carbons (Fsp3) is 0.667. The van der Waals surface area contributed by atoms with Gasteiger partial charge in [0.25, 0.3) is 0 Å². The highest BCUT2D eigenvalue weighted by atomic mass is 31.2. The quantitative estimate of drug-likeness (QED) is 0.407. The molecule has 14 heavy (non-hydrogen) atoms. The minimum Gasteiger partial charge on any atom is -0.465 e. The van der Waals surface area contributed by atoms with E-state index in [-0.39, 0.29) is 4.90 Å². The zero-order valence-electron chi connectivity index (χ0n) is 6.72. The van der Waals surface area contributed by atoms with Crippen LogP contribution in [-0.4, -0.2) is 48.2 Å². The van der Waals surface area contributed by atoms with Crippen LogP contribution in [0.2, 0.25) is 0 Å². The van der Waals surface area contributed by atoms with Crippen LogP contribution in [0.3, 0.4) is 0 Å². The molecule has 11 heteroatoms. The van der Waals surface area contributed by atoms with Crippen LogP contribution in [0.15, 0.2) is 0 Å². The van der Waals surface area contributed by atoms with E-state index >= 15 is 0 Å². The van der Waals surface area contributed by atoms with E-state index in [0.29, 0.717) is 0 Å². The third-order valence-corrected chi connectivity index (χ3v) is 2.40. The maximum absolute atomic E-state index is 10.4. The summed E-state index contributed by atoms with van der Waals surface area (Å²) in [5.41, 5.74) is 0. The van der Waals surface area contributed by atoms with Crippen molar-refractivity contribution >= 4 is 21.3 Å². The number of carboxylic acid groups (broad SMARTS) is 1. The lowest BCUT2D eigenvalue weighted by Crippen LogP contribution is -2.31. The molecule has 0 aromatic rings. The number of rotatable bonds is 4. The van der Waals surface area contributed by atoms with Crippen LogP contribution in [0.5, 0.6) is 0 Å². The van der Waals surface area contributed by atoms with Crippen LogP contribution in [0, 0.1) is 0 Å². The minimum atomic E-state index is -4.66. The molecule has 0 fully saturated rings. The summed E-state index contributed by atoms with van der Waals surface area (Å²) < 4.78 is 20.7. The molecule has 5 N–H and O–H groups in total. The summed E-state index contributed by atoms with van der Waals surface area (Å²) in [7, 11) is -9.32. The van der Waals surface area contributed by atoms with Crippen molar-refractivity contribution in [1.82, 2.24) is 4.90 Å². The Kier molecular flexibility index (Phi) is 4.26. The molecule has 9 nitrogen and oxygen atoms in total. The number of carbonyl (C=O) groups is 1. The van der Waals surface area contributed by atoms with Gasteiger partial charge in [-0.2, -0.15) is 0 Å². The summed E-state index contributed by atoms with van der Waals surface area (Å²) >= 11 is 0. The molecule has 0 unspecified atom stereocenters. The molecule has 0 rings (SSSR count). The first-order valence-corrected chi connectivity index (χ1v) is 6.68. The molecule has 0 atom stereocenters. The molecule has 0 saturated carbocycles. The van der Waals surface area contributed by atoms with Crippen molar-refractivity contribution in [3.63, 3.8) is 0 Å². The highest BCUT2D eigenvalue weighted by molar-refractivity contribution is 7.52. The lowest BCUT2D eigenvalue weighted by Gasteiger charge is -2.19. The predicted molar refractivity (Wildman–Crippen MR) is 43.7 cm³/mol. The number of hydrogen-bond acceptors (Lipinski definition) is 3. The summed E-state index contributed by atoms with van der Waals surface area (Å²) in [5, 5.41) is 8.34. The largest absolute Gasteiger partial charge is 0.465 e. The standard InChI is InChI=1S/C3H9NO8P2/c5-3(6)4(1-13(7,8)9)2-14(10,11)12/h1-2H2,(H,5,6)(H2,7,8,9)(H2,10,11,12). The van der Waals surface area contributed by atoms with Crippen LogP contribution in [0.4, 0.5) is 4.79 Å². The molecule has 84 valence electrons. The van der Waals surface area contributed by atoms with Gasteiger partial charge in [-0.25, -0.2) is 4.79 Å². The van der Waals surface area contributed by atoms with E-state index in [4.69, 9.17) is 24.7 Å². The first kappa shape index (κ1) is 13.6. The van der Waals surface area contributed by atoms with Crippen molar-refractivity contribution in [3.8, 4) is 0 Å². The lowest BCUT2D eigenvalue weighted by molar-refractivity contribution is 0.153. The minimum absolute atomic E-state index is 0.0262. The first-order valence-electron chi connectivity index (χ1n) is 3.08. The van der Waals surface area contributed by atoms with Gasteiger partial charge in [-0.3, -0.25) is 14.0 Å². The molecular formula is C3H9NO8P2. The molecular weight excluding hydrogens is 240 g/mol. The van der Waals surface area contributed by atoms with Gasteiger partial charge in [-0.15, -0.1) is 0 Å². The van der Waals surface area contributed by atoms with Crippen LogP contribution < -0.4 is 0 Å². The van der Waals surface area contributed by atoms with Crippen molar-refractivity contribution in [3.05, 3.63) is 0 Å². The summed E-state index contributed by atoms with van der Waals surface area (Å²) in [4.78, 5) is 43.8. The number of amides is 1. The van der Waals surface area contributed by atoms with Gasteiger partial charge < -0.3 is 24.7 Å². The summed E-state index contributed by atoms with van der Waals surface area (Å²) in [6, 6.07) is 0. The predicted octanol–water partition coefficient (Wildman–Crippen LogP) is -0.763. The normalized spacial score (nSPS) is 12.6. The Balaban J connectivity index is 4.56. The van der Waals surface area contributed by atoms with Gasteiger partial charge >= 0.3 is 21.3 Å².